The molecule has 1 aromatic carbocycles. The molecule has 1 saturated heterocycles. The van der Waals surface area contributed by atoms with Crippen LogP contribution in [0, 0.1) is 5.92 Å². The van der Waals surface area contributed by atoms with Gasteiger partial charge in [0.25, 0.3) is 0 Å². The highest BCUT2D eigenvalue weighted by Crippen LogP contribution is 2.27. The van der Waals surface area contributed by atoms with Crippen LogP contribution < -0.4 is 15.5 Å². The highest BCUT2D eigenvalue weighted by Gasteiger charge is 2.23. The Labute approximate surface area is 203 Å². The average Bonchev–Trinajstić information content (AvgIpc) is 3.22. The number of hydrogen-bond acceptors (Lipinski definition) is 4. The summed E-state index contributed by atoms with van der Waals surface area (Å²) < 4.78 is 11.2. The van der Waals surface area contributed by atoms with Gasteiger partial charge in [0.1, 0.15) is 0 Å². The molecule has 7 nitrogen and oxygen atoms in total. The van der Waals surface area contributed by atoms with E-state index in [0.29, 0.717) is 12.3 Å². The van der Waals surface area contributed by atoms with E-state index < -0.39 is 0 Å². The predicted molar refractivity (Wildman–Crippen MR) is 135 cm³/mol. The van der Waals surface area contributed by atoms with Crippen LogP contribution in [-0.4, -0.2) is 65.0 Å². The van der Waals surface area contributed by atoms with E-state index >= 15 is 0 Å². The number of nitrogens with zero attached hydrogens (tertiary/aromatic N) is 2. The molecule has 1 fully saturated rings. The van der Waals surface area contributed by atoms with Crippen LogP contribution in [0.2, 0.25) is 0 Å². The second kappa shape index (κ2) is 14.6. The summed E-state index contributed by atoms with van der Waals surface area (Å²) in [6.45, 7) is 5.67. The largest absolute Gasteiger partial charge is 0.381 e. The number of guanidine groups is 1. The van der Waals surface area contributed by atoms with Crippen LogP contribution in [0.5, 0.6) is 0 Å². The molecule has 3 rings (SSSR count). The summed E-state index contributed by atoms with van der Waals surface area (Å²) in [7, 11) is 1.77. The van der Waals surface area contributed by atoms with E-state index in [0.717, 1.165) is 89.8 Å². The Morgan fingerprint density at radius 3 is 2.71 bits per heavy atom. The Morgan fingerprint density at radius 1 is 1.19 bits per heavy atom. The lowest BCUT2D eigenvalue weighted by Crippen LogP contribution is -2.39. The van der Waals surface area contributed by atoms with Crippen molar-refractivity contribution in [3.8, 4) is 0 Å². The lowest BCUT2D eigenvalue weighted by Gasteiger charge is -2.21. The van der Waals surface area contributed by atoms with Gasteiger partial charge in [-0.05, 0) is 49.7 Å². The molecular weight excluding hydrogens is 507 g/mol. The number of fused-ring (bicyclic) bond motifs is 1. The molecule has 2 aliphatic rings. The summed E-state index contributed by atoms with van der Waals surface area (Å²) in [6.07, 6.45) is 5.44. The summed E-state index contributed by atoms with van der Waals surface area (Å²) in [5, 5.41) is 6.60. The van der Waals surface area contributed by atoms with E-state index in [2.05, 4.69) is 21.7 Å². The minimum atomic E-state index is 0. The molecule has 0 aliphatic carbocycles. The molecule has 0 radical (unpaired) electrons. The van der Waals surface area contributed by atoms with Gasteiger partial charge in [-0.2, -0.15) is 0 Å². The van der Waals surface area contributed by atoms with Crippen molar-refractivity contribution in [1.82, 2.24) is 10.6 Å². The molecule has 1 aromatic rings. The van der Waals surface area contributed by atoms with Crippen molar-refractivity contribution >= 4 is 41.5 Å². The number of aliphatic imine (C=N–C) groups is 1. The van der Waals surface area contributed by atoms with Crippen LogP contribution in [0.3, 0.4) is 0 Å². The molecule has 1 amide bonds. The van der Waals surface area contributed by atoms with Crippen molar-refractivity contribution in [2.24, 2.45) is 10.9 Å². The Hall–Kier alpha value is -1.39. The van der Waals surface area contributed by atoms with Crippen LogP contribution >= 0.6 is 24.0 Å². The number of carbonyl (C=O) groups is 1. The number of para-hydroxylation sites is 1. The molecule has 174 valence electrons. The highest BCUT2D eigenvalue weighted by atomic mass is 127. The number of benzene rings is 1. The zero-order valence-electron chi connectivity index (χ0n) is 18.6. The fourth-order valence-corrected chi connectivity index (χ4v) is 3.94. The summed E-state index contributed by atoms with van der Waals surface area (Å²) in [5.74, 6) is 1.63. The van der Waals surface area contributed by atoms with E-state index in [4.69, 9.17) is 9.47 Å². The first-order valence-corrected chi connectivity index (χ1v) is 11.3. The van der Waals surface area contributed by atoms with Crippen LogP contribution in [0.1, 0.15) is 37.7 Å². The maximum atomic E-state index is 12.5. The predicted octanol–water partition coefficient (Wildman–Crippen LogP) is 2.97. The molecule has 0 atom stereocenters. The molecule has 2 N–H and O–H groups in total. The Balaban J connectivity index is 0.00000341. The Kier molecular flexibility index (Phi) is 12.2. The molecule has 2 heterocycles. The molecule has 0 bridgehead atoms. The highest BCUT2D eigenvalue weighted by molar-refractivity contribution is 14.0. The maximum absolute atomic E-state index is 12.5. The zero-order valence-corrected chi connectivity index (χ0v) is 20.9. The van der Waals surface area contributed by atoms with Gasteiger partial charge in [-0.25, -0.2) is 0 Å². The van der Waals surface area contributed by atoms with Gasteiger partial charge in [-0.1, -0.05) is 18.2 Å². The lowest BCUT2D eigenvalue weighted by atomic mass is 10.0. The summed E-state index contributed by atoms with van der Waals surface area (Å²) >= 11 is 0. The molecule has 0 unspecified atom stereocenters. The van der Waals surface area contributed by atoms with Crippen molar-refractivity contribution in [2.45, 2.75) is 38.5 Å². The minimum absolute atomic E-state index is 0. The lowest BCUT2D eigenvalue weighted by molar-refractivity contribution is -0.118. The Bertz CT molecular complexity index is 695. The van der Waals surface area contributed by atoms with Crippen molar-refractivity contribution in [2.75, 3.05) is 58.0 Å². The number of hydrogen-bond donors (Lipinski definition) is 2. The standard InChI is InChI=1S/C23H36N4O3.HI/c1-24-23(26-13-5-15-30-18-19-10-16-29-17-11-19)25-12-4-8-22(28)27-14-9-20-6-2-3-7-21(20)27;/h2-3,6-7,19H,4-5,8-18H2,1H3,(H2,24,25,26);1H. The minimum Gasteiger partial charge on any atom is -0.381 e. The van der Waals surface area contributed by atoms with E-state index in [1.165, 1.54) is 5.56 Å². The van der Waals surface area contributed by atoms with Gasteiger partial charge < -0.3 is 25.0 Å². The van der Waals surface area contributed by atoms with Gasteiger partial charge in [0.15, 0.2) is 5.96 Å². The first kappa shape index (κ1) is 25.9. The quantitative estimate of drug-likeness (QED) is 0.205. The molecule has 8 heteroatoms. The summed E-state index contributed by atoms with van der Waals surface area (Å²) in [4.78, 5) is 18.7. The van der Waals surface area contributed by atoms with Crippen molar-refractivity contribution in [3.05, 3.63) is 29.8 Å². The fourth-order valence-electron chi connectivity index (χ4n) is 3.94. The monoisotopic (exact) mass is 544 g/mol. The van der Waals surface area contributed by atoms with Gasteiger partial charge in [0.2, 0.25) is 5.91 Å². The van der Waals surface area contributed by atoms with Gasteiger partial charge in [-0.15, -0.1) is 24.0 Å². The number of nitrogens with one attached hydrogen (secondary N) is 2. The number of rotatable bonds is 10. The molecule has 0 saturated carbocycles. The maximum Gasteiger partial charge on any atom is 0.227 e. The van der Waals surface area contributed by atoms with Crippen molar-refractivity contribution < 1.29 is 14.3 Å². The number of anilines is 1. The number of halogens is 1. The summed E-state index contributed by atoms with van der Waals surface area (Å²) in [5.41, 5.74) is 2.34. The van der Waals surface area contributed by atoms with Crippen molar-refractivity contribution in [1.29, 1.82) is 0 Å². The first-order valence-electron chi connectivity index (χ1n) is 11.3. The fraction of sp³-hybridized carbons (Fsp3) is 0.652. The smallest absolute Gasteiger partial charge is 0.227 e. The molecular formula is C23H37IN4O3. The van der Waals surface area contributed by atoms with Crippen LogP contribution in [-0.2, 0) is 20.7 Å². The zero-order chi connectivity index (χ0) is 21.0. The van der Waals surface area contributed by atoms with Crippen molar-refractivity contribution in [3.63, 3.8) is 0 Å². The second-order valence-corrected chi connectivity index (χ2v) is 7.94. The number of carbonyl (C=O) groups excluding carboxylic acids is 1. The van der Waals surface area contributed by atoms with E-state index in [1.54, 1.807) is 7.05 Å². The van der Waals surface area contributed by atoms with Gasteiger partial charge in [-0.3, -0.25) is 9.79 Å². The van der Waals surface area contributed by atoms with Crippen LogP contribution in [0.25, 0.3) is 0 Å². The first-order chi connectivity index (χ1) is 14.8. The van der Waals surface area contributed by atoms with Gasteiger partial charge in [0, 0.05) is 65.2 Å². The van der Waals surface area contributed by atoms with Crippen LogP contribution in [0.15, 0.2) is 29.3 Å². The van der Waals surface area contributed by atoms with E-state index in [9.17, 15) is 4.79 Å². The number of amides is 1. The third kappa shape index (κ3) is 8.57. The third-order valence-electron chi connectivity index (χ3n) is 5.72. The van der Waals surface area contributed by atoms with E-state index in [-0.39, 0.29) is 29.9 Å². The average molecular weight is 544 g/mol. The summed E-state index contributed by atoms with van der Waals surface area (Å²) in [6, 6.07) is 8.18. The van der Waals surface area contributed by atoms with E-state index in [1.807, 2.05) is 23.1 Å². The molecule has 2 aliphatic heterocycles. The topological polar surface area (TPSA) is 75.2 Å². The van der Waals surface area contributed by atoms with Gasteiger partial charge in [0.05, 0.1) is 0 Å². The molecule has 31 heavy (non-hydrogen) atoms. The molecule has 0 aromatic heterocycles. The SMILES string of the molecule is CN=C(NCCCOCC1CCOCC1)NCCCC(=O)N1CCc2ccccc21.I. The normalized spacial score (nSPS) is 16.5. The molecule has 0 spiro atoms. The Morgan fingerprint density at radius 2 is 1.94 bits per heavy atom. The van der Waals surface area contributed by atoms with Crippen LogP contribution in [0.4, 0.5) is 5.69 Å². The number of ether oxygens (including phenoxy) is 2. The second-order valence-electron chi connectivity index (χ2n) is 7.94. The third-order valence-corrected chi connectivity index (χ3v) is 5.72. The van der Waals surface area contributed by atoms with Gasteiger partial charge >= 0.3 is 0 Å².